The first-order valence-electron chi connectivity index (χ1n) is 6.14. The quantitative estimate of drug-likeness (QED) is 0.788. The molecule has 2 fully saturated rings. The van der Waals surface area contributed by atoms with Crippen molar-refractivity contribution >= 4 is 35.1 Å². The summed E-state index contributed by atoms with van der Waals surface area (Å²) in [6, 6.07) is 4.69. The minimum atomic E-state index is -0.254. The summed E-state index contributed by atoms with van der Waals surface area (Å²) >= 11 is 11.8. The number of urea groups is 1. The highest BCUT2D eigenvalue weighted by atomic mass is 35.5. The van der Waals surface area contributed by atoms with Crippen LogP contribution in [0.2, 0.25) is 10.0 Å². The fourth-order valence-electron chi connectivity index (χ4n) is 2.65. The van der Waals surface area contributed by atoms with Gasteiger partial charge in [0, 0.05) is 6.54 Å². The summed E-state index contributed by atoms with van der Waals surface area (Å²) in [5, 5.41) is 0.892. The van der Waals surface area contributed by atoms with Crippen LogP contribution in [0.4, 0.5) is 4.79 Å². The average Bonchev–Trinajstić information content (AvgIpc) is 2.94. The molecule has 6 heteroatoms. The van der Waals surface area contributed by atoms with E-state index >= 15 is 0 Å². The van der Waals surface area contributed by atoms with E-state index in [1.54, 1.807) is 23.1 Å². The minimum Gasteiger partial charge on any atom is -0.312 e. The molecule has 1 atom stereocenters. The first-order chi connectivity index (χ1) is 9.08. The summed E-state index contributed by atoms with van der Waals surface area (Å²) in [7, 11) is 0. The Morgan fingerprint density at radius 3 is 2.68 bits per heavy atom. The Hall–Kier alpha value is -1.26. The van der Waals surface area contributed by atoms with E-state index in [-0.39, 0.29) is 24.5 Å². The summed E-state index contributed by atoms with van der Waals surface area (Å²) in [6.45, 7) is 0.925. The molecule has 4 nitrogen and oxygen atoms in total. The van der Waals surface area contributed by atoms with Crippen LogP contribution in [0, 0.1) is 0 Å². The van der Waals surface area contributed by atoms with Crippen molar-refractivity contribution in [1.82, 2.24) is 9.80 Å². The number of fused-ring (bicyclic) bond motifs is 1. The molecule has 1 unspecified atom stereocenters. The van der Waals surface area contributed by atoms with Gasteiger partial charge in [-0.2, -0.15) is 0 Å². The Balaban J connectivity index is 1.81. The molecule has 0 aliphatic carbocycles. The number of amides is 3. The molecule has 0 radical (unpaired) electrons. The van der Waals surface area contributed by atoms with E-state index in [9.17, 15) is 9.59 Å². The van der Waals surface area contributed by atoms with Gasteiger partial charge in [0.1, 0.15) is 6.04 Å². The number of benzene rings is 1. The van der Waals surface area contributed by atoms with Crippen molar-refractivity contribution in [2.45, 2.75) is 25.4 Å². The Bertz CT molecular complexity index is 540. The number of hydrogen-bond acceptors (Lipinski definition) is 2. The molecule has 0 N–H and O–H groups in total. The van der Waals surface area contributed by atoms with E-state index < -0.39 is 0 Å². The molecule has 0 saturated carbocycles. The van der Waals surface area contributed by atoms with Gasteiger partial charge in [0.25, 0.3) is 5.91 Å². The predicted octanol–water partition coefficient (Wildman–Crippen LogP) is 2.92. The van der Waals surface area contributed by atoms with Crippen LogP contribution in [0.5, 0.6) is 0 Å². The van der Waals surface area contributed by atoms with E-state index in [1.165, 1.54) is 4.90 Å². The van der Waals surface area contributed by atoms with Crippen molar-refractivity contribution in [3.05, 3.63) is 33.8 Å². The fourth-order valence-corrected chi connectivity index (χ4v) is 2.97. The summed E-state index contributed by atoms with van der Waals surface area (Å²) in [6.07, 6.45) is 1.67. The zero-order chi connectivity index (χ0) is 13.6. The van der Waals surface area contributed by atoms with Gasteiger partial charge in [0.2, 0.25) is 0 Å². The maximum absolute atomic E-state index is 12.2. The number of imide groups is 1. The number of carbonyl (C=O) groups is 2. The van der Waals surface area contributed by atoms with Gasteiger partial charge in [0.05, 0.1) is 16.6 Å². The first-order valence-corrected chi connectivity index (χ1v) is 6.89. The van der Waals surface area contributed by atoms with Crippen LogP contribution >= 0.6 is 23.2 Å². The van der Waals surface area contributed by atoms with E-state index in [1.807, 2.05) is 0 Å². The summed E-state index contributed by atoms with van der Waals surface area (Å²) in [5.41, 5.74) is 0.803. The second kappa shape index (κ2) is 4.69. The SMILES string of the molecule is O=C1C2CCCN2C(=O)N1Cc1ccc(Cl)c(Cl)c1. The Morgan fingerprint density at radius 1 is 1.21 bits per heavy atom. The van der Waals surface area contributed by atoms with Gasteiger partial charge in [-0.3, -0.25) is 9.69 Å². The zero-order valence-corrected chi connectivity index (χ0v) is 11.6. The van der Waals surface area contributed by atoms with Crippen LogP contribution in [-0.4, -0.2) is 34.3 Å². The third-order valence-corrected chi connectivity index (χ3v) is 4.34. The lowest BCUT2D eigenvalue weighted by atomic mass is 10.2. The molecular formula is C13H12Cl2N2O2. The van der Waals surface area contributed by atoms with Gasteiger partial charge >= 0.3 is 6.03 Å². The molecule has 2 aliphatic rings. The monoisotopic (exact) mass is 298 g/mol. The van der Waals surface area contributed by atoms with Crippen molar-refractivity contribution in [1.29, 1.82) is 0 Å². The number of rotatable bonds is 2. The first kappa shape index (κ1) is 12.8. The van der Waals surface area contributed by atoms with Crippen LogP contribution in [0.15, 0.2) is 18.2 Å². The van der Waals surface area contributed by atoms with Crippen molar-refractivity contribution in [2.75, 3.05) is 6.54 Å². The summed E-state index contributed by atoms with van der Waals surface area (Å²) in [4.78, 5) is 27.2. The molecule has 2 saturated heterocycles. The standard InChI is InChI=1S/C13H12Cl2N2O2/c14-9-4-3-8(6-10(9)15)7-17-12(18)11-2-1-5-16(11)13(17)19/h3-4,6,11H,1-2,5,7H2. The highest BCUT2D eigenvalue weighted by molar-refractivity contribution is 6.42. The van der Waals surface area contributed by atoms with Gasteiger partial charge in [-0.05, 0) is 30.5 Å². The van der Waals surface area contributed by atoms with Crippen molar-refractivity contribution in [2.24, 2.45) is 0 Å². The van der Waals surface area contributed by atoms with Crippen molar-refractivity contribution < 1.29 is 9.59 Å². The van der Waals surface area contributed by atoms with Gasteiger partial charge < -0.3 is 4.90 Å². The molecule has 19 heavy (non-hydrogen) atoms. The highest BCUT2D eigenvalue weighted by Gasteiger charge is 2.47. The van der Waals surface area contributed by atoms with Gasteiger partial charge in [-0.15, -0.1) is 0 Å². The Morgan fingerprint density at radius 2 is 2.00 bits per heavy atom. The topological polar surface area (TPSA) is 40.6 Å². The molecule has 3 amide bonds. The third kappa shape index (κ3) is 2.09. The summed E-state index contributed by atoms with van der Waals surface area (Å²) in [5.74, 6) is -0.103. The minimum absolute atomic E-state index is 0.103. The van der Waals surface area contributed by atoms with Gasteiger partial charge in [0.15, 0.2) is 0 Å². The molecule has 100 valence electrons. The van der Waals surface area contributed by atoms with Crippen LogP contribution in [0.1, 0.15) is 18.4 Å². The lowest BCUT2D eigenvalue weighted by molar-refractivity contribution is -0.128. The summed E-state index contributed by atoms with van der Waals surface area (Å²) < 4.78 is 0. The average molecular weight is 299 g/mol. The molecule has 2 heterocycles. The van der Waals surface area contributed by atoms with Crippen LogP contribution in [-0.2, 0) is 11.3 Å². The number of nitrogens with zero attached hydrogens (tertiary/aromatic N) is 2. The number of hydrogen-bond donors (Lipinski definition) is 0. The normalized spacial score (nSPS) is 22.3. The molecular weight excluding hydrogens is 287 g/mol. The zero-order valence-electron chi connectivity index (χ0n) is 10.1. The molecule has 3 rings (SSSR count). The van der Waals surface area contributed by atoms with Crippen molar-refractivity contribution in [3.8, 4) is 0 Å². The third-order valence-electron chi connectivity index (χ3n) is 3.61. The Kier molecular flexibility index (Phi) is 3.15. The maximum Gasteiger partial charge on any atom is 0.327 e. The largest absolute Gasteiger partial charge is 0.327 e. The van der Waals surface area contributed by atoms with E-state index in [0.29, 0.717) is 16.6 Å². The lowest BCUT2D eigenvalue weighted by Gasteiger charge is -2.15. The van der Waals surface area contributed by atoms with E-state index in [0.717, 1.165) is 18.4 Å². The molecule has 0 bridgehead atoms. The predicted molar refractivity (Wildman–Crippen MR) is 72.1 cm³/mol. The van der Waals surface area contributed by atoms with Crippen LogP contribution < -0.4 is 0 Å². The lowest BCUT2D eigenvalue weighted by Crippen LogP contribution is -2.32. The Labute approximate surface area is 120 Å². The molecule has 1 aromatic rings. The van der Waals surface area contributed by atoms with Gasteiger partial charge in [-0.25, -0.2) is 4.79 Å². The van der Waals surface area contributed by atoms with E-state index in [4.69, 9.17) is 23.2 Å². The molecule has 2 aliphatic heterocycles. The van der Waals surface area contributed by atoms with E-state index in [2.05, 4.69) is 0 Å². The van der Waals surface area contributed by atoms with Crippen molar-refractivity contribution in [3.63, 3.8) is 0 Å². The van der Waals surface area contributed by atoms with Gasteiger partial charge in [-0.1, -0.05) is 29.3 Å². The molecule has 0 aromatic heterocycles. The smallest absolute Gasteiger partial charge is 0.312 e. The number of carbonyl (C=O) groups excluding carboxylic acids is 2. The molecule has 0 spiro atoms. The fraction of sp³-hybridized carbons (Fsp3) is 0.385. The highest BCUT2D eigenvalue weighted by Crippen LogP contribution is 2.29. The molecule has 1 aromatic carbocycles. The second-order valence-electron chi connectivity index (χ2n) is 4.81. The maximum atomic E-state index is 12.2. The van der Waals surface area contributed by atoms with Crippen LogP contribution in [0.25, 0.3) is 0 Å². The second-order valence-corrected chi connectivity index (χ2v) is 5.62. The van der Waals surface area contributed by atoms with Crippen LogP contribution in [0.3, 0.4) is 0 Å². The number of halogens is 2.